The molecule has 2 N–H and O–H groups in total. The molecule has 1 aliphatic heterocycles. The quantitative estimate of drug-likeness (QED) is 0.180. The SMILES string of the molecule is Cc1ccnc(-c2ccc(C[C@@]3(Cc4ccccc4)[C@H](C[C@H](Cc4ccccc4)NC(=O)OC(C)(C)C)OC(C)(C)N3C(=O)O)cc2)c1. The standard InChI is InChI=1S/C40H47N3O5/c1-28-21-22-41-34(23-28)32-19-17-31(18-20-32)27-40(26-30-15-11-8-12-16-30)35(47-39(5,6)43(40)37(45)46)25-33(24-29-13-9-7-10-14-29)42-36(44)48-38(2,3)4/h7-23,33,35H,24-27H2,1-6H3,(H,42,44)(H,45,46)/t33-,35-,40-/m0/s1. The van der Waals surface area contributed by atoms with E-state index in [0.29, 0.717) is 25.7 Å². The van der Waals surface area contributed by atoms with Crippen molar-refractivity contribution in [1.29, 1.82) is 0 Å². The molecule has 8 nitrogen and oxygen atoms in total. The third-order valence-electron chi connectivity index (χ3n) is 8.78. The van der Waals surface area contributed by atoms with Crippen molar-refractivity contribution in [2.75, 3.05) is 0 Å². The van der Waals surface area contributed by atoms with E-state index in [1.165, 1.54) is 4.90 Å². The van der Waals surface area contributed by atoms with Crippen LogP contribution >= 0.6 is 0 Å². The Labute approximate surface area is 284 Å². The van der Waals surface area contributed by atoms with E-state index in [0.717, 1.165) is 33.5 Å². The molecule has 3 aromatic carbocycles. The van der Waals surface area contributed by atoms with Crippen molar-refractivity contribution in [3.63, 3.8) is 0 Å². The maximum atomic E-state index is 13.3. The second-order valence-electron chi connectivity index (χ2n) is 14.3. The number of hydrogen-bond acceptors (Lipinski definition) is 5. The minimum atomic E-state index is -1.14. The number of pyridine rings is 1. The number of carbonyl (C=O) groups excluding carboxylic acids is 1. The monoisotopic (exact) mass is 649 g/mol. The third-order valence-corrected chi connectivity index (χ3v) is 8.78. The summed E-state index contributed by atoms with van der Waals surface area (Å²) in [5.41, 5.74) is 3.18. The lowest BCUT2D eigenvalue weighted by Gasteiger charge is -2.43. The Bertz CT molecular complexity index is 1690. The van der Waals surface area contributed by atoms with E-state index in [1.54, 1.807) is 20.0 Å². The number of carboxylic acid groups (broad SMARTS) is 1. The highest BCUT2D eigenvalue weighted by Gasteiger charge is 2.60. The number of alkyl carbamates (subject to hydrolysis) is 1. The van der Waals surface area contributed by atoms with Gasteiger partial charge in [0.2, 0.25) is 0 Å². The van der Waals surface area contributed by atoms with Crippen LogP contribution < -0.4 is 5.32 Å². The highest BCUT2D eigenvalue weighted by Crippen LogP contribution is 2.46. The number of carbonyl (C=O) groups is 2. The number of nitrogens with zero attached hydrogens (tertiary/aromatic N) is 2. The lowest BCUT2D eigenvalue weighted by molar-refractivity contribution is -0.0697. The molecule has 2 heterocycles. The van der Waals surface area contributed by atoms with Crippen LogP contribution in [0.3, 0.4) is 0 Å². The smallest absolute Gasteiger partial charge is 0.410 e. The first-order valence-electron chi connectivity index (χ1n) is 16.5. The molecule has 4 aromatic rings. The van der Waals surface area contributed by atoms with Crippen LogP contribution in [0, 0.1) is 6.92 Å². The zero-order valence-electron chi connectivity index (χ0n) is 28.8. The average molecular weight is 650 g/mol. The molecule has 0 aliphatic carbocycles. The van der Waals surface area contributed by atoms with Gasteiger partial charge in [0.05, 0.1) is 17.3 Å². The lowest BCUT2D eigenvalue weighted by Crippen LogP contribution is -2.60. The summed E-state index contributed by atoms with van der Waals surface area (Å²) in [6.07, 6.45) is 1.34. The summed E-state index contributed by atoms with van der Waals surface area (Å²) in [6, 6.07) is 31.7. The first-order valence-corrected chi connectivity index (χ1v) is 16.5. The fourth-order valence-electron chi connectivity index (χ4n) is 6.94. The molecule has 1 aliphatic rings. The number of amides is 2. The molecule has 2 amide bonds. The van der Waals surface area contributed by atoms with Crippen LogP contribution in [0.4, 0.5) is 9.59 Å². The van der Waals surface area contributed by atoms with Crippen LogP contribution in [-0.2, 0) is 28.7 Å². The Morgan fingerprint density at radius 1 is 0.917 bits per heavy atom. The van der Waals surface area contributed by atoms with Gasteiger partial charge in [-0.05, 0) is 102 Å². The summed E-state index contributed by atoms with van der Waals surface area (Å²) in [5, 5.41) is 14.0. The van der Waals surface area contributed by atoms with E-state index in [9.17, 15) is 14.7 Å². The molecule has 0 spiro atoms. The Morgan fingerprint density at radius 2 is 1.50 bits per heavy atom. The van der Waals surface area contributed by atoms with Gasteiger partial charge < -0.3 is 19.9 Å². The molecule has 0 bridgehead atoms. The van der Waals surface area contributed by atoms with E-state index in [2.05, 4.69) is 22.4 Å². The summed E-state index contributed by atoms with van der Waals surface area (Å²) >= 11 is 0. The van der Waals surface area contributed by atoms with Gasteiger partial charge in [-0.1, -0.05) is 84.9 Å². The van der Waals surface area contributed by atoms with Crippen molar-refractivity contribution in [2.24, 2.45) is 0 Å². The van der Waals surface area contributed by atoms with Gasteiger partial charge in [0.1, 0.15) is 11.3 Å². The van der Waals surface area contributed by atoms with E-state index < -0.39 is 41.2 Å². The summed E-state index contributed by atoms with van der Waals surface area (Å²) in [7, 11) is 0. The third kappa shape index (κ3) is 8.42. The summed E-state index contributed by atoms with van der Waals surface area (Å²) in [5.74, 6) is 0. The molecule has 1 saturated heterocycles. The van der Waals surface area contributed by atoms with Crippen LogP contribution in [0.2, 0.25) is 0 Å². The zero-order chi connectivity index (χ0) is 34.5. The van der Waals surface area contributed by atoms with Crippen molar-refractivity contribution < 1.29 is 24.2 Å². The second-order valence-corrected chi connectivity index (χ2v) is 14.3. The van der Waals surface area contributed by atoms with Gasteiger partial charge in [-0.15, -0.1) is 0 Å². The number of nitrogens with one attached hydrogen (secondary N) is 1. The molecule has 1 fully saturated rings. The van der Waals surface area contributed by atoms with Gasteiger partial charge in [0, 0.05) is 17.8 Å². The maximum absolute atomic E-state index is 13.3. The van der Waals surface area contributed by atoms with Crippen molar-refractivity contribution in [3.05, 3.63) is 126 Å². The number of rotatable bonds is 10. The Kier molecular flexibility index (Phi) is 10.2. The zero-order valence-corrected chi connectivity index (χ0v) is 28.8. The predicted molar refractivity (Wildman–Crippen MR) is 188 cm³/mol. The van der Waals surface area contributed by atoms with E-state index in [-0.39, 0.29) is 0 Å². The fraction of sp³-hybridized carbons (Fsp3) is 0.375. The number of benzene rings is 3. The summed E-state index contributed by atoms with van der Waals surface area (Å²) in [6.45, 7) is 11.1. The summed E-state index contributed by atoms with van der Waals surface area (Å²) < 4.78 is 12.5. The van der Waals surface area contributed by atoms with Crippen molar-refractivity contribution in [2.45, 2.75) is 96.2 Å². The van der Waals surface area contributed by atoms with Gasteiger partial charge >= 0.3 is 12.2 Å². The van der Waals surface area contributed by atoms with Crippen LogP contribution in [0.5, 0.6) is 0 Å². The fourth-order valence-corrected chi connectivity index (χ4v) is 6.94. The topological polar surface area (TPSA) is 101 Å². The van der Waals surface area contributed by atoms with Crippen molar-refractivity contribution >= 4 is 12.2 Å². The van der Waals surface area contributed by atoms with Crippen LogP contribution in [-0.4, -0.2) is 56.2 Å². The minimum absolute atomic E-state index is 0.361. The van der Waals surface area contributed by atoms with Gasteiger partial charge in [0.25, 0.3) is 0 Å². The van der Waals surface area contributed by atoms with E-state index in [1.807, 2.05) is 113 Å². The molecule has 48 heavy (non-hydrogen) atoms. The molecule has 0 radical (unpaired) electrons. The minimum Gasteiger partial charge on any atom is -0.465 e. The molecule has 5 rings (SSSR count). The van der Waals surface area contributed by atoms with Crippen LogP contribution in [0.25, 0.3) is 11.3 Å². The van der Waals surface area contributed by atoms with Crippen LogP contribution in [0.1, 0.15) is 63.3 Å². The molecule has 0 saturated carbocycles. The molecule has 252 valence electrons. The molecule has 1 aromatic heterocycles. The molecule has 8 heteroatoms. The largest absolute Gasteiger partial charge is 0.465 e. The highest BCUT2D eigenvalue weighted by molar-refractivity contribution is 5.69. The number of ether oxygens (including phenoxy) is 2. The molecule has 0 unspecified atom stereocenters. The first kappa shape index (κ1) is 34.6. The number of aryl methyl sites for hydroxylation is 1. The molecule has 3 atom stereocenters. The van der Waals surface area contributed by atoms with Crippen molar-refractivity contribution in [1.82, 2.24) is 15.2 Å². The van der Waals surface area contributed by atoms with Gasteiger partial charge in [-0.25, -0.2) is 9.59 Å². The predicted octanol–water partition coefficient (Wildman–Crippen LogP) is 8.22. The van der Waals surface area contributed by atoms with E-state index >= 15 is 0 Å². The highest BCUT2D eigenvalue weighted by atomic mass is 16.6. The lowest BCUT2D eigenvalue weighted by atomic mass is 9.76. The maximum Gasteiger partial charge on any atom is 0.410 e. The number of aromatic nitrogens is 1. The normalized spacial score (nSPS) is 19.5. The second kappa shape index (κ2) is 14.2. The van der Waals surface area contributed by atoms with Crippen molar-refractivity contribution in [3.8, 4) is 11.3 Å². The Hall–Kier alpha value is -4.69. The summed E-state index contributed by atoms with van der Waals surface area (Å²) in [4.78, 5) is 32.5. The molecular weight excluding hydrogens is 602 g/mol. The Balaban J connectivity index is 1.57. The van der Waals surface area contributed by atoms with Gasteiger partial charge in [0.15, 0.2) is 0 Å². The average Bonchev–Trinajstić information content (AvgIpc) is 3.22. The van der Waals surface area contributed by atoms with E-state index in [4.69, 9.17) is 9.47 Å². The Morgan fingerprint density at radius 3 is 2.06 bits per heavy atom. The van der Waals surface area contributed by atoms with Crippen LogP contribution in [0.15, 0.2) is 103 Å². The molecular formula is C40H47N3O5. The first-order chi connectivity index (χ1) is 22.7. The number of hydrogen-bond donors (Lipinski definition) is 2. The van der Waals surface area contributed by atoms with Gasteiger partial charge in [-0.3, -0.25) is 9.88 Å². The van der Waals surface area contributed by atoms with Gasteiger partial charge in [-0.2, -0.15) is 0 Å².